The second-order valence-electron chi connectivity index (χ2n) is 8.53. The molecule has 2 heterocycles. The van der Waals surface area contributed by atoms with Gasteiger partial charge >= 0.3 is 0 Å². The van der Waals surface area contributed by atoms with E-state index in [-0.39, 0.29) is 30.8 Å². The molecule has 4 amide bonds. The Balaban J connectivity index is 1.39. The molecule has 5 rings (SSSR count). The molecule has 3 atom stereocenters. The van der Waals surface area contributed by atoms with Crippen molar-refractivity contribution < 1.29 is 19.2 Å². The molecule has 0 saturated carbocycles. The highest BCUT2D eigenvalue weighted by Gasteiger charge is 2.45. The molecule has 1 fully saturated rings. The van der Waals surface area contributed by atoms with Crippen molar-refractivity contribution in [1.82, 2.24) is 15.5 Å². The highest BCUT2D eigenvalue weighted by atomic mass is 16.2. The summed E-state index contributed by atoms with van der Waals surface area (Å²) >= 11 is 0. The first-order valence-electron chi connectivity index (χ1n) is 10.9. The van der Waals surface area contributed by atoms with Gasteiger partial charge in [-0.25, -0.2) is 0 Å². The normalized spacial score (nSPS) is 24.9. The van der Waals surface area contributed by atoms with Gasteiger partial charge in [0.2, 0.25) is 11.8 Å². The molecule has 3 aliphatic rings. The smallest absolute Gasteiger partial charge is 0.262 e. The number of benzene rings is 2. The number of nitrogens with one attached hydrogen (secondary N) is 2. The topological polar surface area (TPSA) is 122 Å². The Labute approximate surface area is 185 Å². The standard InChI is InChI=1S/C24H24N4O4/c25-17-8-9-18(15-6-2-1-5-14(15)17)26-12-13-4-3-7-16-21(13)24(32)28(23(16)31)19-10-11-20(29)27-22(19)30/h1-7,17-19,26H,8-12,25H2,(H,27,29,30). The van der Waals surface area contributed by atoms with Gasteiger partial charge in [-0.15, -0.1) is 0 Å². The van der Waals surface area contributed by atoms with Crippen LogP contribution in [0.5, 0.6) is 0 Å². The zero-order valence-electron chi connectivity index (χ0n) is 17.5. The van der Waals surface area contributed by atoms with Crippen LogP contribution in [0.3, 0.4) is 0 Å². The lowest BCUT2D eigenvalue weighted by Gasteiger charge is -2.30. The van der Waals surface area contributed by atoms with E-state index in [1.165, 1.54) is 0 Å². The minimum absolute atomic E-state index is 0.0199. The molecule has 8 nitrogen and oxygen atoms in total. The highest BCUT2D eigenvalue weighted by molar-refractivity contribution is 6.24. The van der Waals surface area contributed by atoms with Gasteiger partial charge < -0.3 is 11.1 Å². The third-order valence-corrected chi connectivity index (χ3v) is 6.63. The molecule has 1 saturated heterocycles. The molecule has 8 heteroatoms. The first kappa shape index (κ1) is 20.5. The SMILES string of the molecule is NC1CCC(NCc2cccc3c2C(=O)N(C2CCC(=O)NC2=O)C3=O)c2ccccc21. The Morgan fingerprint density at radius 1 is 0.938 bits per heavy atom. The Morgan fingerprint density at radius 3 is 2.50 bits per heavy atom. The first-order valence-corrected chi connectivity index (χ1v) is 10.9. The average Bonchev–Trinajstić information content (AvgIpc) is 3.04. The Bertz CT molecular complexity index is 1140. The molecule has 4 N–H and O–H groups in total. The lowest BCUT2D eigenvalue weighted by Crippen LogP contribution is -2.54. The summed E-state index contributed by atoms with van der Waals surface area (Å²) in [6.45, 7) is 0.402. The van der Waals surface area contributed by atoms with Crippen molar-refractivity contribution in [3.63, 3.8) is 0 Å². The highest BCUT2D eigenvalue weighted by Crippen LogP contribution is 2.35. The number of amides is 4. The van der Waals surface area contributed by atoms with E-state index in [9.17, 15) is 19.2 Å². The molecule has 1 aliphatic carbocycles. The van der Waals surface area contributed by atoms with Crippen molar-refractivity contribution in [2.24, 2.45) is 5.73 Å². The minimum atomic E-state index is -0.965. The lowest BCUT2D eigenvalue weighted by molar-refractivity contribution is -0.136. The molecular weight excluding hydrogens is 408 g/mol. The monoisotopic (exact) mass is 432 g/mol. The lowest BCUT2D eigenvalue weighted by atomic mass is 9.84. The number of carbonyl (C=O) groups is 4. The molecular formula is C24H24N4O4. The number of rotatable bonds is 4. The van der Waals surface area contributed by atoms with E-state index < -0.39 is 23.8 Å². The first-order chi connectivity index (χ1) is 15.5. The van der Waals surface area contributed by atoms with E-state index in [0.717, 1.165) is 28.9 Å². The maximum atomic E-state index is 13.2. The number of hydrogen-bond acceptors (Lipinski definition) is 6. The van der Waals surface area contributed by atoms with Crippen LogP contribution in [0.25, 0.3) is 0 Å². The quantitative estimate of drug-likeness (QED) is 0.633. The molecule has 0 aromatic heterocycles. The van der Waals surface area contributed by atoms with E-state index in [4.69, 9.17) is 5.73 Å². The van der Waals surface area contributed by atoms with E-state index in [0.29, 0.717) is 23.2 Å². The second-order valence-corrected chi connectivity index (χ2v) is 8.53. The molecule has 0 radical (unpaired) electrons. The van der Waals surface area contributed by atoms with Crippen LogP contribution in [0.1, 0.15) is 75.2 Å². The van der Waals surface area contributed by atoms with Crippen LogP contribution >= 0.6 is 0 Å². The molecule has 2 aromatic rings. The van der Waals surface area contributed by atoms with Gasteiger partial charge in [-0.2, -0.15) is 0 Å². The van der Waals surface area contributed by atoms with Gasteiger partial charge in [-0.1, -0.05) is 36.4 Å². The molecule has 2 aliphatic heterocycles. The number of nitrogens with two attached hydrogens (primary N) is 1. The second kappa shape index (κ2) is 7.96. The maximum Gasteiger partial charge on any atom is 0.262 e. The minimum Gasteiger partial charge on any atom is -0.324 e. The number of carbonyl (C=O) groups excluding carboxylic acids is 4. The number of hydrogen-bond donors (Lipinski definition) is 3. The van der Waals surface area contributed by atoms with E-state index >= 15 is 0 Å². The summed E-state index contributed by atoms with van der Waals surface area (Å²) < 4.78 is 0. The summed E-state index contributed by atoms with van der Waals surface area (Å²) in [5.41, 5.74) is 9.88. The maximum absolute atomic E-state index is 13.2. The van der Waals surface area contributed by atoms with E-state index in [1.807, 2.05) is 24.3 Å². The predicted octanol–water partition coefficient (Wildman–Crippen LogP) is 1.71. The van der Waals surface area contributed by atoms with Gasteiger partial charge in [0, 0.05) is 25.0 Å². The Hall–Kier alpha value is -3.36. The van der Waals surface area contributed by atoms with Crippen molar-refractivity contribution in [2.75, 3.05) is 0 Å². The van der Waals surface area contributed by atoms with E-state index in [2.05, 4.69) is 16.7 Å². The van der Waals surface area contributed by atoms with Crippen molar-refractivity contribution in [3.05, 3.63) is 70.3 Å². The summed E-state index contributed by atoms with van der Waals surface area (Å²) in [4.78, 5) is 51.0. The largest absolute Gasteiger partial charge is 0.324 e. The average molecular weight is 432 g/mol. The summed E-state index contributed by atoms with van der Waals surface area (Å²) in [7, 11) is 0. The predicted molar refractivity (Wildman–Crippen MR) is 115 cm³/mol. The third-order valence-electron chi connectivity index (χ3n) is 6.63. The Morgan fingerprint density at radius 2 is 1.72 bits per heavy atom. The fourth-order valence-electron chi connectivity index (χ4n) is 5.00. The van der Waals surface area contributed by atoms with Gasteiger partial charge in [-0.05, 0) is 42.0 Å². The Kier molecular flexibility index (Phi) is 5.11. The number of piperidine rings is 1. The number of imide groups is 2. The summed E-state index contributed by atoms with van der Waals surface area (Å²) in [5.74, 6) is -1.97. The van der Waals surface area contributed by atoms with Crippen LogP contribution in [0, 0.1) is 0 Å². The van der Waals surface area contributed by atoms with Gasteiger partial charge in [0.05, 0.1) is 11.1 Å². The van der Waals surface area contributed by atoms with Crippen molar-refractivity contribution >= 4 is 23.6 Å². The van der Waals surface area contributed by atoms with Crippen LogP contribution < -0.4 is 16.4 Å². The van der Waals surface area contributed by atoms with E-state index in [1.54, 1.807) is 12.1 Å². The van der Waals surface area contributed by atoms with Crippen LogP contribution in [0.2, 0.25) is 0 Å². The fraction of sp³-hybridized carbons (Fsp3) is 0.333. The number of fused-ring (bicyclic) bond motifs is 2. The summed E-state index contributed by atoms with van der Waals surface area (Å²) in [6, 6.07) is 12.4. The van der Waals surface area contributed by atoms with Crippen LogP contribution in [0.15, 0.2) is 42.5 Å². The van der Waals surface area contributed by atoms with Crippen molar-refractivity contribution in [2.45, 2.75) is 50.4 Å². The summed E-state index contributed by atoms with van der Waals surface area (Å²) in [6.07, 6.45) is 1.98. The van der Waals surface area contributed by atoms with Crippen molar-refractivity contribution in [3.8, 4) is 0 Å². The zero-order chi connectivity index (χ0) is 22.4. The molecule has 0 spiro atoms. The van der Waals surface area contributed by atoms with Crippen LogP contribution in [0.4, 0.5) is 0 Å². The molecule has 164 valence electrons. The van der Waals surface area contributed by atoms with Gasteiger partial charge in [0.15, 0.2) is 0 Å². The summed E-state index contributed by atoms with van der Waals surface area (Å²) in [5, 5.41) is 5.75. The van der Waals surface area contributed by atoms with Crippen LogP contribution in [-0.4, -0.2) is 34.6 Å². The van der Waals surface area contributed by atoms with Crippen LogP contribution in [-0.2, 0) is 16.1 Å². The zero-order valence-corrected chi connectivity index (χ0v) is 17.5. The number of nitrogens with zero attached hydrogens (tertiary/aromatic N) is 1. The molecule has 0 bridgehead atoms. The van der Waals surface area contributed by atoms with Gasteiger partial charge in [0.25, 0.3) is 11.8 Å². The third kappa shape index (κ3) is 3.32. The fourth-order valence-corrected chi connectivity index (χ4v) is 5.00. The van der Waals surface area contributed by atoms with Gasteiger partial charge in [-0.3, -0.25) is 29.4 Å². The molecule has 32 heavy (non-hydrogen) atoms. The molecule has 2 aromatic carbocycles. The van der Waals surface area contributed by atoms with Crippen molar-refractivity contribution in [1.29, 1.82) is 0 Å². The molecule has 3 unspecified atom stereocenters. The van der Waals surface area contributed by atoms with Gasteiger partial charge in [0.1, 0.15) is 6.04 Å².